The minimum Gasteiger partial charge on any atom is -0.466 e. The number of fused-ring (bicyclic) bond motifs is 1. The summed E-state index contributed by atoms with van der Waals surface area (Å²) in [5.41, 5.74) is 0.287. The lowest BCUT2D eigenvalue weighted by molar-refractivity contribution is -0.153. The monoisotopic (exact) mass is 374 g/mol. The van der Waals surface area contributed by atoms with Crippen molar-refractivity contribution in [2.75, 3.05) is 13.2 Å². The van der Waals surface area contributed by atoms with Crippen LogP contribution in [0.25, 0.3) is 0 Å². The predicted molar refractivity (Wildman–Crippen MR) is 105 cm³/mol. The Morgan fingerprint density at radius 3 is 2.59 bits per heavy atom. The van der Waals surface area contributed by atoms with Crippen molar-refractivity contribution in [3.8, 4) is 0 Å². The van der Waals surface area contributed by atoms with Crippen molar-refractivity contribution in [1.29, 1.82) is 0 Å². The summed E-state index contributed by atoms with van der Waals surface area (Å²) >= 11 is 0. The summed E-state index contributed by atoms with van der Waals surface area (Å²) in [5.74, 6) is -1.07. The first-order valence-electron chi connectivity index (χ1n) is 9.61. The van der Waals surface area contributed by atoms with Crippen LogP contribution in [0.4, 0.5) is 0 Å². The van der Waals surface area contributed by atoms with Gasteiger partial charge in [0, 0.05) is 12.0 Å². The smallest absolute Gasteiger partial charge is 0.320 e. The lowest BCUT2D eigenvalue weighted by Gasteiger charge is -2.34. The van der Waals surface area contributed by atoms with Gasteiger partial charge in [-0.15, -0.1) is 0 Å². The first kappa shape index (κ1) is 22.6. The van der Waals surface area contributed by atoms with Gasteiger partial charge >= 0.3 is 11.9 Å². The molecule has 0 spiro atoms. The second kappa shape index (κ2) is 11.3. The molecule has 148 valence electrons. The minimum atomic E-state index is -1.23. The number of hydrogen-bond donors (Lipinski definition) is 0. The van der Waals surface area contributed by atoms with E-state index >= 15 is 0 Å². The first-order valence-corrected chi connectivity index (χ1v) is 9.61. The molecule has 1 unspecified atom stereocenters. The number of esters is 2. The van der Waals surface area contributed by atoms with Crippen molar-refractivity contribution >= 4 is 17.7 Å². The molecule has 2 rings (SSSR count). The third kappa shape index (κ3) is 5.52. The molecule has 0 bridgehead atoms. The lowest BCUT2D eigenvalue weighted by atomic mass is 9.67. The average molecular weight is 374 g/mol. The lowest BCUT2D eigenvalue weighted by Crippen LogP contribution is -2.44. The number of ether oxygens (including phenoxy) is 2. The molecular formula is C22H30O5. The first-order chi connectivity index (χ1) is 13.0. The molecule has 1 aliphatic carbocycles. The zero-order valence-corrected chi connectivity index (χ0v) is 16.6. The van der Waals surface area contributed by atoms with E-state index in [-0.39, 0.29) is 31.2 Å². The van der Waals surface area contributed by atoms with Crippen LogP contribution in [0.3, 0.4) is 0 Å². The van der Waals surface area contributed by atoms with Gasteiger partial charge in [-0.1, -0.05) is 50.8 Å². The van der Waals surface area contributed by atoms with Crippen LogP contribution >= 0.6 is 0 Å². The summed E-state index contributed by atoms with van der Waals surface area (Å²) in [4.78, 5) is 37.4. The molecule has 1 atom stereocenters. The molecule has 1 aromatic carbocycles. The second-order valence-corrected chi connectivity index (χ2v) is 6.11. The van der Waals surface area contributed by atoms with E-state index in [9.17, 15) is 14.4 Å². The van der Waals surface area contributed by atoms with E-state index in [1.165, 1.54) is 6.08 Å². The van der Waals surface area contributed by atoms with Gasteiger partial charge in [-0.3, -0.25) is 14.4 Å². The Hall–Kier alpha value is -2.43. The quantitative estimate of drug-likeness (QED) is 0.386. The van der Waals surface area contributed by atoms with Crippen molar-refractivity contribution in [1.82, 2.24) is 0 Å². The van der Waals surface area contributed by atoms with E-state index in [1.807, 2.05) is 26.0 Å². The highest BCUT2D eigenvalue weighted by Crippen LogP contribution is 2.40. The van der Waals surface area contributed by atoms with Crippen molar-refractivity contribution < 1.29 is 23.9 Å². The van der Waals surface area contributed by atoms with Gasteiger partial charge < -0.3 is 9.47 Å². The standard InChI is InChI=1S/C20H24O5.C2H6/c1-3-14-25-19(23)20(12-7-10-17(21)24-4-2)13-11-15-8-5-6-9-16(15)18(20)22;1-2/h3,5-6,8-9H,1,4,7,10-14H2,2H3;1-2H3. The van der Waals surface area contributed by atoms with Gasteiger partial charge in [-0.25, -0.2) is 0 Å². The molecule has 5 nitrogen and oxygen atoms in total. The van der Waals surface area contributed by atoms with Crippen LogP contribution in [0.15, 0.2) is 36.9 Å². The van der Waals surface area contributed by atoms with Gasteiger partial charge in [0.2, 0.25) is 0 Å². The normalized spacial score (nSPS) is 17.8. The molecule has 0 N–H and O–H groups in total. The maximum atomic E-state index is 13.1. The predicted octanol–water partition coefficient (Wildman–Crippen LogP) is 4.29. The molecule has 0 radical (unpaired) electrons. The van der Waals surface area contributed by atoms with Crippen molar-refractivity contribution in [3.05, 3.63) is 48.0 Å². The topological polar surface area (TPSA) is 69.7 Å². The number of Topliss-reactive ketones (excluding diaryl/α,β-unsaturated/α-hetero) is 1. The summed E-state index contributed by atoms with van der Waals surface area (Å²) in [6.07, 6.45) is 3.35. The average Bonchev–Trinajstić information content (AvgIpc) is 2.70. The summed E-state index contributed by atoms with van der Waals surface area (Å²) < 4.78 is 10.1. The van der Waals surface area contributed by atoms with Gasteiger partial charge in [-0.2, -0.15) is 0 Å². The largest absolute Gasteiger partial charge is 0.466 e. The third-order valence-corrected chi connectivity index (χ3v) is 4.53. The number of hydrogen-bond acceptors (Lipinski definition) is 5. The Morgan fingerprint density at radius 2 is 1.93 bits per heavy atom. The Bertz CT molecular complexity index is 664. The van der Waals surface area contributed by atoms with Gasteiger partial charge in [0.25, 0.3) is 0 Å². The van der Waals surface area contributed by atoms with Gasteiger partial charge in [0.15, 0.2) is 5.78 Å². The Morgan fingerprint density at radius 1 is 1.22 bits per heavy atom. The number of benzene rings is 1. The van der Waals surface area contributed by atoms with Crippen LogP contribution in [0.1, 0.15) is 62.4 Å². The molecule has 0 aliphatic heterocycles. The zero-order chi connectivity index (χ0) is 20.3. The number of carbonyl (C=O) groups is 3. The summed E-state index contributed by atoms with van der Waals surface area (Å²) in [6, 6.07) is 7.33. The highest BCUT2D eigenvalue weighted by atomic mass is 16.5. The number of ketones is 1. The Kier molecular flexibility index (Phi) is 9.48. The van der Waals surface area contributed by atoms with Gasteiger partial charge in [0.1, 0.15) is 12.0 Å². The third-order valence-electron chi connectivity index (χ3n) is 4.53. The zero-order valence-electron chi connectivity index (χ0n) is 16.6. The van der Waals surface area contributed by atoms with Crippen LogP contribution in [-0.4, -0.2) is 30.9 Å². The highest BCUT2D eigenvalue weighted by molar-refractivity contribution is 6.14. The summed E-state index contributed by atoms with van der Waals surface area (Å²) in [7, 11) is 0. The van der Waals surface area contributed by atoms with Crippen LogP contribution < -0.4 is 0 Å². The maximum absolute atomic E-state index is 13.1. The molecular weight excluding hydrogens is 344 g/mol. The molecule has 1 aromatic rings. The Labute approximate surface area is 161 Å². The Balaban J connectivity index is 0.00000176. The van der Waals surface area contributed by atoms with E-state index in [2.05, 4.69) is 6.58 Å². The van der Waals surface area contributed by atoms with Crippen LogP contribution in [0.5, 0.6) is 0 Å². The van der Waals surface area contributed by atoms with E-state index in [4.69, 9.17) is 9.47 Å². The molecule has 0 saturated heterocycles. The molecule has 5 heteroatoms. The number of rotatable bonds is 8. The number of aryl methyl sites for hydroxylation is 1. The molecule has 0 saturated carbocycles. The van der Waals surface area contributed by atoms with Crippen molar-refractivity contribution in [2.45, 2.75) is 52.9 Å². The van der Waals surface area contributed by atoms with E-state index in [1.54, 1.807) is 19.1 Å². The van der Waals surface area contributed by atoms with Crippen molar-refractivity contribution in [2.24, 2.45) is 5.41 Å². The maximum Gasteiger partial charge on any atom is 0.320 e. The van der Waals surface area contributed by atoms with Gasteiger partial charge in [-0.05, 0) is 38.2 Å². The molecule has 0 aromatic heterocycles. The SMILES string of the molecule is C=CCOC(=O)C1(CCCC(=O)OCC)CCc2ccccc2C1=O.CC. The fourth-order valence-corrected chi connectivity index (χ4v) is 3.25. The van der Waals surface area contributed by atoms with Crippen molar-refractivity contribution in [3.63, 3.8) is 0 Å². The molecule has 27 heavy (non-hydrogen) atoms. The molecule has 0 fully saturated rings. The van der Waals surface area contributed by atoms with Crippen LogP contribution in [-0.2, 0) is 25.5 Å². The molecule has 1 aliphatic rings. The van der Waals surface area contributed by atoms with Crippen LogP contribution in [0.2, 0.25) is 0 Å². The van der Waals surface area contributed by atoms with Crippen LogP contribution in [0, 0.1) is 5.41 Å². The fourth-order valence-electron chi connectivity index (χ4n) is 3.25. The summed E-state index contributed by atoms with van der Waals surface area (Å²) in [5, 5.41) is 0. The van der Waals surface area contributed by atoms with E-state index < -0.39 is 11.4 Å². The highest BCUT2D eigenvalue weighted by Gasteiger charge is 2.49. The fraction of sp³-hybridized carbons (Fsp3) is 0.500. The van der Waals surface area contributed by atoms with Gasteiger partial charge in [0.05, 0.1) is 6.61 Å². The number of carbonyl (C=O) groups excluding carboxylic acids is 3. The minimum absolute atomic E-state index is 0.0629. The summed E-state index contributed by atoms with van der Waals surface area (Å²) in [6.45, 7) is 9.66. The van der Waals surface area contributed by atoms with E-state index in [0.717, 1.165) is 5.56 Å². The second-order valence-electron chi connectivity index (χ2n) is 6.11. The molecule has 0 amide bonds. The molecule has 0 heterocycles. The van der Waals surface area contributed by atoms with E-state index in [0.29, 0.717) is 31.4 Å².